The van der Waals surface area contributed by atoms with Gasteiger partial charge in [0.15, 0.2) is 11.6 Å². The predicted molar refractivity (Wildman–Crippen MR) is 219 cm³/mol. The molecule has 8 rings (SSSR count). The predicted octanol–water partition coefficient (Wildman–Crippen LogP) is 8.28. The number of hydrogen-bond acceptors (Lipinski definition) is 10. The molecule has 10 nitrogen and oxygen atoms in total. The second-order valence-electron chi connectivity index (χ2n) is 13.1. The van der Waals surface area contributed by atoms with Gasteiger partial charge in [0.1, 0.15) is 24.7 Å². The lowest BCUT2D eigenvalue weighted by Gasteiger charge is -2.17. The molecule has 0 amide bonds. The summed E-state index contributed by atoms with van der Waals surface area (Å²) in [6.07, 6.45) is 2.26. The van der Waals surface area contributed by atoms with Crippen LogP contribution < -0.4 is 20.3 Å². The highest BCUT2D eigenvalue weighted by Gasteiger charge is 2.17. The zero-order chi connectivity index (χ0) is 37.1. The summed E-state index contributed by atoms with van der Waals surface area (Å²) in [6, 6.07) is 45.5. The Balaban J connectivity index is 1.07. The summed E-state index contributed by atoms with van der Waals surface area (Å²) >= 11 is 3.40. The Morgan fingerprint density at radius 2 is 0.964 bits per heavy atom. The van der Waals surface area contributed by atoms with Crippen LogP contribution in [0.25, 0.3) is 0 Å². The topological polar surface area (TPSA) is 104 Å². The molecule has 1 aliphatic rings. The van der Waals surface area contributed by atoms with E-state index < -0.39 is 0 Å². The molecule has 55 heavy (non-hydrogen) atoms. The molecule has 7 aromatic rings. The highest BCUT2D eigenvalue weighted by molar-refractivity contribution is 8.00. The van der Waals surface area contributed by atoms with Crippen molar-refractivity contribution in [2.24, 2.45) is 0 Å². The zero-order valence-corrected chi connectivity index (χ0v) is 32.0. The van der Waals surface area contributed by atoms with Crippen LogP contribution in [0.5, 0.6) is 11.5 Å². The number of fused-ring (bicyclic) bond motifs is 6. The maximum absolute atomic E-state index is 6.44. The molecule has 0 saturated heterocycles. The number of thioether (sulfide) groups is 2. The number of hydrogen-bond donors (Lipinski definition) is 2. The lowest BCUT2D eigenvalue weighted by atomic mass is 10.1. The van der Waals surface area contributed by atoms with Crippen molar-refractivity contribution in [3.05, 3.63) is 178 Å². The van der Waals surface area contributed by atoms with E-state index in [0.717, 1.165) is 73.6 Å². The van der Waals surface area contributed by atoms with Crippen molar-refractivity contribution in [1.82, 2.24) is 29.7 Å². The van der Waals surface area contributed by atoms with Crippen LogP contribution in [0, 0.1) is 0 Å². The van der Waals surface area contributed by atoms with Crippen LogP contribution in [0.2, 0.25) is 0 Å². The van der Waals surface area contributed by atoms with Gasteiger partial charge in [0.25, 0.3) is 0 Å². The van der Waals surface area contributed by atoms with E-state index in [1.54, 1.807) is 23.5 Å². The van der Waals surface area contributed by atoms with E-state index in [4.69, 9.17) is 9.47 Å². The van der Waals surface area contributed by atoms with Gasteiger partial charge in [-0.3, -0.25) is 0 Å². The normalized spacial score (nSPS) is 13.9. The standard InChI is InChI=1S/C43H42N8O2S2/c1-3-13-32(14-4-1)26-40-46-48-42-50(40)44-28-36-19-7-9-21-38(36)52-30-34-17-11-18-35(25-34)31-53-39-22-10-8-20-37(39)29-45-51-41(27-33-15-5-2-6-16-33)47-49-43(51)55-24-12-23-54-42/h1-11,13-22,25,44-45H,12,23-24,26-31H2. The van der Waals surface area contributed by atoms with Gasteiger partial charge >= 0.3 is 0 Å². The minimum absolute atomic E-state index is 0.433. The Bertz CT molecular complexity index is 2140. The highest BCUT2D eigenvalue weighted by atomic mass is 32.2. The van der Waals surface area contributed by atoms with Gasteiger partial charge in [-0.15, -0.1) is 20.4 Å². The molecule has 2 N–H and O–H groups in total. The largest absolute Gasteiger partial charge is 0.489 e. The van der Waals surface area contributed by atoms with Crippen molar-refractivity contribution in [2.75, 3.05) is 22.4 Å². The summed E-state index contributed by atoms with van der Waals surface area (Å²) in [5.74, 6) is 5.09. The average Bonchev–Trinajstić information content (AvgIpc) is 3.80. The third kappa shape index (κ3) is 9.51. The quantitative estimate of drug-likeness (QED) is 0.182. The SMILES string of the molecule is c1ccc(Cc2nnc3n2NCc2ccccc2OCc2cccc(c2)COc2ccccc2CNn2c(Cc4ccccc4)nnc2SCCCS3)cc1. The minimum atomic E-state index is 0.433. The molecule has 2 aromatic heterocycles. The van der Waals surface area contributed by atoms with E-state index in [2.05, 4.69) is 116 Å². The van der Waals surface area contributed by atoms with Gasteiger partial charge < -0.3 is 20.3 Å². The van der Waals surface area contributed by atoms with Crippen LogP contribution in [0.4, 0.5) is 0 Å². The first-order valence-electron chi connectivity index (χ1n) is 18.4. The van der Waals surface area contributed by atoms with Crippen LogP contribution in [0.15, 0.2) is 144 Å². The van der Waals surface area contributed by atoms with Crippen molar-refractivity contribution in [1.29, 1.82) is 0 Å². The lowest BCUT2D eigenvalue weighted by Crippen LogP contribution is -2.19. The summed E-state index contributed by atoms with van der Waals surface area (Å²) in [5.41, 5.74) is 13.8. The van der Waals surface area contributed by atoms with Crippen LogP contribution in [0.3, 0.4) is 0 Å². The Morgan fingerprint density at radius 1 is 0.509 bits per heavy atom. The van der Waals surface area contributed by atoms with E-state index in [9.17, 15) is 0 Å². The van der Waals surface area contributed by atoms with Crippen molar-refractivity contribution in [2.45, 2.75) is 55.9 Å². The molecule has 0 radical (unpaired) electrons. The number of nitrogens with zero attached hydrogens (tertiary/aromatic N) is 6. The summed E-state index contributed by atoms with van der Waals surface area (Å²) in [4.78, 5) is 0. The Morgan fingerprint density at radius 3 is 1.45 bits per heavy atom. The molecule has 0 aliphatic carbocycles. The summed E-state index contributed by atoms with van der Waals surface area (Å²) in [6.45, 7) is 1.95. The molecular formula is C43H42N8O2S2. The fourth-order valence-electron chi connectivity index (χ4n) is 6.32. The first-order valence-corrected chi connectivity index (χ1v) is 20.4. The van der Waals surface area contributed by atoms with Crippen molar-refractivity contribution in [3.63, 3.8) is 0 Å². The van der Waals surface area contributed by atoms with Crippen molar-refractivity contribution >= 4 is 23.5 Å². The second kappa shape index (κ2) is 18.1. The van der Waals surface area contributed by atoms with Gasteiger partial charge in [0, 0.05) is 35.5 Å². The van der Waals surface area contributed by atoms with E-state index in [0.29, 0.717) is 39.1 Å². The summed E-state index contributed by atoms with van der Waals surface area (Å²) < 4.78 is 17.0. The smallest absolute Gasteiger partial charge is 0.209 e. The fraction of sp³-hybridized carbons (Fsp3) is 0.209. The van der Waals surface area contributed by atoms with E-state index in [-0.39, 0.29) is 0 Å². The van der Waals surface area contributed by atoms with Crippen LogP contribution >= 0.6 is 23.5 Å². The minimum Gasteiger partial charge on any atom is -0.489 e. The molecule has 0 atom stereocenters. The molecule has 1 aliphatic heterocycles. The van der Waals surface area contributed by atoms with Crippen molar-refractivity contribution in [3.8, 4) is 11.5 Å². The van der Waals surface area contributed by atoms with Crippen molar-refractivity contribution < 1.29 is 9.47 Å². The highest BCUT2D eigenvalue weighted by Crippen LogP contribution is 2.26. The van der Waals surface area contributed by atoms with Gasteiger partial charge in [-0.1, -0.05) is 139 Å². The zero-order valence-electron chi connectivity index (χ0n) is 30.4. The first-order chi connectivity index (χ1) is 27.2. The molecular weight excluding hydrogens is 725 g/mol. The van der Waals surface area contributed by atoms with Gasteiger partial charge in [0.2, 0.25) is 10.3 Å². The molecule has 0 fully saturated rings. The van der Waals surface area contributed by atoms with E-state index >= 15 is 0 Å². The maximum Gasteiger partial charge on any atom is 0.209 e. The number of nitrogens with one attached hydrogen (secondary N) is 2. The number of benzene rings is 5. The molecule has 12 heteroatoms. The third-order valence-electron chi connectivity index (χ3n) is 9.14. The molecule has 278 valence electrons. The van der Waals surface area contributed by atoms with Gasteiger partial charge in [-0.25, -0.2) is 9.35 Å². The number of para-hydroxylation sites is 2. The van der Waals surface area contributed by atoms with Crippen LogP contribution in [-0.4, -0.2) is 41.3 Å². The van der Waals surface area contributed by atoms with Crippen LogP contribution in [-0.2, 0) is 39.1 Å². The van der Waals surface area contributed by atoms with Gasteiger partial charge in [0.05, 0.1) is 13.1 Å². The lowest BCUT2D eigenvalue weighted by molar-refractivity contribution is 0.296. The second-order valence-corrected chi connectivity index (χ2v) is 15.3. The Hall–Kier alpha value is -5.72. The molecule has 0 saturated carbocycles. The Labute approximate surface area is 329 Å². The first kappa shape index (κ1) is 36.3. The molecule has 0 unspecified atom stereocenters. The fourth-order valence-corrected chi connectivity index (χ4v) is 8.24. The third-order valence-corrected chi connectivity index (χ3v) is 11.2. The number of aromatic nitrogens is 6. The molecule has 0 spiro atoms. The molecule has 5 aromatic carbocycles. The van der Waals surface area contributed by atoms with Gasteiger partial charge in [-0.2, -0.15) is 0 Å². The number of rotatable bonds is 4. The summed E-state index contributed by atoms with van der Waals surface area (Å²) in [5, 5.41) is 20.2. The average molecular weight is 767 g/mol. The Kier molecular flexibility index (Phi) is 11.9. The maximum atomic E-state index is 6.44. The van der Waals surface area contributed by atoms with E-state index in [1.165, 1.54) is 11.1 Å². The van der Waals surface area contributed by atoms with E-state index in [1.807, 2.05) is 57.9 Å². The number of ether oxygens (including phenoxy) is 2. The van der Waals surface area contributed by atoms with Crippen LogP contribution in [0.1, 0.15) is 51.5 Å². The molecule has 2 bridgehead atoms. The van der Waals surface area contributed by atoms with Gasteiger partial charge in [-0.05, 0) is 46.9 Å². The monoisotopic (exact) mass is 766 g/mol. The molecule has 3 heterocycles. The summed E-state index contributed by atoms with van der Waals surface area (Å²) in [7, 11) is 0.